The van der Waals surface area contributed by atoms with Crippen molar-refractivity contribution in [2.75, 3.05) is 6.54 Å². The molecule has 0 spiro atoms. The predicted octanol–water partition coefficient (Wildman–Crippen LogP) is 0.419. The maximum absolute atomic E-state index is 12.3. The predicted molar refractivity (Wildman–Crippen MR) is 77.9 cm³/mol. The zero-order valence-electron chi connectivity index (χ0n) is 12.1. The third-order valence-corrected chi connectivity index (χ3v) is 4.41. The molecule has 0 bridgehead atoms. The summed E-state index contributed by atoms with van der Waals surface area (Å²) in [5, 5.41) is 16.3. The number of H-pyrrole nitrogens is 2. The number of nitrogens with zero attached hydrogens (tertiary/aromatic N) is 2. The van der Waals surface area contributed by atoms with Gasteiger partial charge >= 0.3 is 0 Å². The second-order valence-corrected chi connectivity index (χ2v) is 6.42. The van der Waals surface area contributed by atoms with E-state index in [1.54, 1.807) is 12.4 Å². The van der Waals surface area contributed by atoms with Gasteiger partial charge in [-0.15, -0.1) is 0 Å². The van der Waals surface area contributed by atoms with Gasteiger partial charge in [0.05, 0.1) is 6.20 Å². The van der Waals surface area contributed by atoms with E-state index in [9.17, 15) is 8.42 Å². The van der Waals surface area contributed by atoms with Gasteiger partial charge in [0.15, 0.2) is 5.03 Å². The summed E-state index contributed by atoms with van der Waals surface area (Å²) in [5.41, 5.74) is 2.18. The molecule has 0 amide bonds. The summed E-state index contributed by atoms with van der Waals surface area (Å²) in [6.45, 7) is 5.33. The first kappa shape index (κ1) is 15.7. The van der Waals surface area contributed by atoms with Gasteiger partial charge in [-0.2, -0.15) is 10.2 Å². The Balaban J connectivity index is 2.11. The molecule has 2 aromatic rings. The topological polar surface area (TPSA) is 116 Å². The fourth-order valence-electron chi connectivity index (χ4n) is 1.87. The minimum Gasteiger partial charge on any atom is -0.313 e. The summed E-state index contributed by atoms with van der Waals surface area (Å²) in [5.74, 6) is 0. The van der Waals surface area contributed by atoms with Crippen molar-refractivity contribution in [3.8, 4) is 0 Å². The standard InChI is InChI=1S/C12H20N6O2S/c1-3-4-13-8-11-9(2)17-18-12(11)21(19,20)16-7-10-5-14-15-6-10/h5-6,13,16H,3-4,7-8H2,1-2H3,(H,14,15)(H,17,18). The van der Waals surface area contributed by atoms with Gasteiger partial charge in [-0.3, -0.25) is 10.2 Å². The number of aromatic amines is 2. The lowest BCUT2D eigenvalue weighted by Gasteiger charge is -2.07. The maximum Gasteiger partial charge on any atom is 0.260 e. The molecule has 0 aliphatic carbocycles. The SMILES string of the molecule is CCCNCc1c(S(=O)(=O)NCc2cn[nH]c2)n[nH]c1C. The average Bonchev–Trinajstić information content (AvgIpc) is 3.08. The van der Waals surface area contributed by atoms with Crippen LogP contribution in [0.1, 0.15) is 30.2 Å². The number of aromatic nitrogens is 4. The largest absolute Gasteiger partial charge is 0.313 e. The molecule has 0 saturated carbocycles. The van der Waals surface area contributed by atoms with Crippen LogP contribution < -0.4 is 10.0 Å². The number of nitrogens with one attached hydrogen (secondary N) is 4. The quantitative estimate of drug-likeness (QED) is 0.527. The van der Waals surface area contributed by atoms with Gasteiger partial charge in [-0.05, 0) is 19.9 Å². The molecule has 9 heteroatoms. The summed E-state index contributed by atoms with van der Waals surface area (Å²) in [6, 6.07) is 0. The van der Waals surface area contributed by atoms with Gasteiger partial charge in [0.1, 0.15) is 0 Å². The molecule has 21 heavy (non-hydrogen) atoms. The second-order valence-electron chi connectivity index (χ2n) is 4.74. The van der Waals surface area contributed by atoms with Crippen LogP contribution in [0.25, 0.3) is 0 Å². The van der Waals surface area contributed by atoms with Crippen LogP contribution in [0.4, 0.5) is 0 Å². The molecule has 0 atom stereocenters. The van der Waals surface area contributed by atoms with Crippen molar-refractivity contribution in [1.82, 2.24) is 30.4 Å². The van der Waals surface area contributed by atoms with Crippen molar-refractivity contribution in [1.29, 1.82) is 0 Å². The van der Waals surface area contributed by atoms with Crippen molar-refractivity contribution >= 4 is 10.0 Å². The molecule has 2 aromatic heterocycles. The van der Waals surface area contributed by atoms with Gasteiger partial charge in [0.2, 0.25) is 0 Å². The van der Waals surface area contributed by atoms with E-state index < -0.39 is 10.0 Å². The fourth-order valence-corrected chi connectivity index (χ4v) is 3.08. The lowest BCUT2D eigenvalue weighted by atomic mass is 10.2. The van der Waals surface area contributed by atoms with E-state index in [2.05, 4.69) is 37.4 Å². The molecule has 0 radical (unpaired) electrons. The Morgan fingerprint density at radius 2 is 2.14 bits per heavy atom. The van der Waals surface area contributed by atoms with E-state index >= 15 is 0 Å². The van der Waals surface area contributed by atoms with Gasteiger partial charge in [0, 0.05) is 36.1 Å². The summed E-state index contributed by atoms with van der Waals surface area (Å²) < 4.78 is 27.2. The van der Waals surface area contributed by atoms with Crippen LogP contribution in [-0.4, -0.2) is 35.4 Å². The van der Waals surface area contributed by atoms with Crippen LogP contribution in [0, 0.1) is 6.92 Å². The lowest BCUT2D eigenvalue weighted by molar-refractivity contribution is 0.573. The Bertz CT molecular complexity index is 662. The number of aryl methyl sites for hydroxylation is 1. The van der Waals surface area contributed by atoms with E-state index in [4.69, 9.17) is 0 Å². The van der Waals surface area contributed by atoms with E-state index in [0.717, 1.165) is 24.2 Å². The molecule has 0 aliphatic heterocycles. The highest BCUT2D eigenvalue weighted by atomic mass is 32.2. The second kappa shape index (κ2) is 6.83. The van der Waals surface area contributed by atoms with Crippen molar-refractivity contribution in [3.05, 3.63) is 29.2 Å². The Labute approximate surface area is 123 Å². The molecular formula is C12H20N6O2S. The van der Waals surface area contributed by atoms with E-state index in [0.29, 0.717) is 12.1 Å². The molecule has 4 N–H and O–H groups in total. The highest BCUT2D eigenvalue weighted by molar-refractivity contribution is 7.89. The van der Waals surface area contributed by atoms with Gasteiger partial charge in [-0.1, -0.05) is 6.92 Å². The summed E-state index contributed by atoms with van der Waals surface area (Å²) in [6.07, 6.45) is 4.20. The zero-order valence-corrected chi connectivity index (χ0v) is 12.9. The molecule has 2 heterocycles. The first-order valence-electron chi connectivity index (χ1n) is 6.76. The zero-order chi connectivity index (χ0) is 15.3. The maximum atomic E-state index is 12.3. The third kappa shape index (κ3) is 3.90. The van der Waals surface area contributed by atoms with E-state index in [-0.39, 0.29) is 11.6 Å². The molecule has 116 valence electrons. The van der Waals surface area contributed by atoms with Crippen LogP contribution >= 0.6 is 0 Å². The van der Waals surface area contributed by atoms with Crippen molar-refractivity contribution in [2.45, 2.75) is 38.4 Å². The molecular weight excluding hydrogens is 292 g/mol. The van der Waals surface area contributed by atoms with Crippen molar-refractivity contribution in [2.24, 2.45) is 0 Å². The van der Waals surface area contributed by atoms with Crippen molar-refractivity contribution in [3.63, 3.8) is 0 Å². The minimum atomic E-state index is -3.66. The average molecular weight is 312 g/mol. The number of hydrogen-bond acceptors (Lipinski definition) is 5. The normalized spacial score (nSPS) is 11.9. The van der Waals surface area contributed by atoms with E-state index in [1.165, 1.54) is 0 Å². The smallest absolute Gasteiger partial charge is 0.260 e. The van der Waals surface area contributed by atoms with Crippen LogP contribution in [0.5, 0.6) is 0 Å². The number of hydrogen-bond donors (Lipinski definition) is 4. The molecule has 8 nitrogen and oxygen atoms in total. The minimum absolute atomic E-state index is 0.0482. The molecule has 0 fully saturated rings. The first-order valence-corrected chi connectivity index (χ1v) is 8.24. The Morgan fingerprint density at radius 3 is 2.81 bits per heavy atom. The number of sulfonamides is 1. The van der Waals surface area contributed by atoms with Crippen LogP contribution in [0.15, 0.2) is 17.4 Å². The summed E-state index contributed by atoms with van der Waals surface area (Å²) in [7, 11) is -3.66. The summed E-state index contributed by atoms with van der Waals surface area (Å²) in [4.78, 5) is 0. The highest BCUT2D eigenvalue weighted by Crippen LogP contribution is 2.16. The van der Waals surface area contributed by atoms with Crippen LogP contribution in [0.3, 0.4) is 0 Å². The highest BCUT2D eigenvalue weighted by Gasteiger charge is 2.23. The molecule has 0 unspecified atom stereocenters. The molecule has 0 saturated heterocycles. The van der Waals surface area contributed by atoms with Gasteiger partial charge in [-0.25, -0.2) is 13.1 Å². The third-order valence-electron chi connectivity index (χ3n) is 3.04. The lowest BCUT2D eigenvalue weighted by Crippen LogP contribution is -2.25. The van der Waals surface area contributed by atoms with E-state index in [1.807, 2.05) is 6.92 Å². The molecule has 0 aromatic carbocycles. The fraction of sp³-hybridized carbons (Fsp3) is 0.500. The van der Waals surface area contributed by atoms with Gasteiger partial charge in [0.25, 0.3) is 10.0 Å². The Kier molecular flexibility index (Phi) is 5.10. The molecule has 2 rings (SSSR count). The van der Waals surface area contributed by atoms with Gasteiger partial charge < -0.3 is 5.32 Å². The molecule has 0 aliphatic rings. The van der Waals surface area contributed by atoms with Crippen LogP contribution in [0.2, 0.25) is 0 Å². The first-order chi connectivity index (χ1) is 10.0. The number of rotatable bonds is 8. The van der Waals surface area contributed by atoms with Crippen LogP contribution in [-0.2, 0) is 23.1 Å². The Hall–Kier alpha value is -1.71. The Morgan fingerprint density at radius 1 is 1.33 bits per heavy atom. The monoisotopic (exact) mass is 312 g/mol. The summed E-state index contributed by atoms with van der Waals surface area (Å²) >= 11 is 0. The van der Waals surface area contributed by atoms with Crippen molar-refractivity contribution < 1.29 is 8.42 Å².